The first-order valence-electron chi connectivity index (χ1n) is 9.96. The van der Waals surface area contributed by atoms with Gasteiger partial charge in [0.05, 0.1) is 28.0 Å². The molecule has 0 aliphatic heterocycles. The second-order valence-electron chi connectivity index (χ2n) is 7.44. The summed E-state index contributed by atoms with van der Waals surface area (Å²) in [5.41, 5.74) is 4.72. The van der Waals surface area contributed by atoms with Gasteiger partial charge in [-0.25, -0.2) is 9.78 Å². The number of anilines is 1. The number of ether oxygens (including phenoxy) is 1. The van der Waals surface area contributed by atoms with E-state index in [1.165, 1.54) is 0 Å². The smallest absolute Gasteiger partial charge is 0.339 e. The van der Waals surface area contributed by atoms with Crippen LogP contribution in [0.15, 0.2) is 59.1 Å². The lowest BCUT2D eigenvalue weighted by atomic mass is 10.1. The summed E-state index contributed by atoms with van der Waals surface area (Å²) in [5, 5.41) is 7.75. The van der Waals surface area contributed by atoms with Crippen LogP contribution >= 0.6 is 15.9 Å². The minimum atomic E-state index is -0.608. The van der Waals surface area contributed by atoms with Crippen LogP contribution in [0.4, 0.5) is 5.69 Å². The number of pyridine rings is 1. The van der Waals surface area contributed by atoms with Crippen LogP contribution in [0.2, 0.25) is 0 Å². The summed E-state index contributed by atoms with van der Waals surface area (Å²) < 4.78 is 7.75. The molecular weight excluding hydrogens is 472 g/mol. The number of benzene rings is 2. The van der Waals surface area contributed by atoms with Gasteiger partial charge in [-0.05, 0) is 53.5 Å². The van der Waals surface area contributed by atoms with Crippen molar-refractivity contribution in [2.75, 3.05) is 11.9 Å². The number of nitrogens with zero attached hydrogens (tertiary/aromatic N) is 3. The van der Waals surface area contributed by atoms with Crippen LogP contribution in [0.1, 0.15) is 21.6 Å². The Bertz CT molecular complexity index is 1330. The van der Waals surface area contributed by atoms with E-state index in [1.807, 2.05) is 56.3 Å². The first-order chi connectivity index (χ1) is 15.3. The fraction of sp³-hybridized carbons (Fsp3) is 0.167. The molecule has 2 aromatic carbocycles. The molecule has 0 fully saturated rings. The summed E-state index contributed by atoms with van der Waals surface area (Å²) >= 11 is 3.42. The van der Waals surface area contributed by atoms with Gasteiger partial charge in [-0.15, -0.1) is 0 Å². The Balaban J connectivity index is 1.59. The molecule has 0 unspecified atom stereocenters. The van der Waals surface area contributed by atoms with Crippen molar-refractivity contribution in [2.45, 2.75) is 13.8 Å². The molecule has 8 heteroatoms. The number of amides is 1. The molecule has 0 saturated heterocycles. The Kier molecular flexibility index (Phi) is 6.05. The highest BCUT2D eigenvalue weighted by atomic mass is 79.9. The molecule has 0 atom stereocenters. The van der Waals surface area contributed by atoms with Crippen LogP contribution in [0, 0.1) is 13.8 Å². The third-order valence-corrected chi connectivity index (χ3v) is 5.65. The van der Waals surface area contributed by atoms with Crippen LogP contribution in [-0.4, -0.2) is 33.2 Å². The third-order valence-electron chi connectivity index (χ3n) is 4.99. The average Bonchev–Trinajstić information content (AvgIpc) is 3.07. The normalized spacial score (nSPS) is 10.9. The van der Waals surface area contributed by atoms with Crippen LogP contribution < -0.4 is 5.32 Å². The van der Waals surface area contributed by atoms with Gasteiger partial charge >= 0.3 is 5.97 Å². The molecule has 162 valence electrons. The van der Waals surface area contributed by atoms with Gasteiger partial charge in [-0.3, -0.25) is 9.48 Å². The number of aromatic nitrogens is 3. The van der Waals surface area contributed by atoms with Crippen molar-refractivity contribution in [3.05, 3.63) is 75.9 Å². The zero-order valence-electron chi connectivity index (χ0n) is 17.8. The molecule has 7 nitrogen and oxygen atoms in total. The Labute approximate surface area is 193 Å². The standard InChI is InChI=1S/C24H21BrN4O3/c1-14-9-10-19(18(25)11-14)26-21(30)13-32-24(31)17-12-20(16-7-5-4-6-8-16)27-23-22(17)15(2)28-29(23)3/h4-12H,13H2,1-3H3,(H,26,30). The summed E-state index contributed by atoms with van der Waals surface area (Å²) in [6.07, 6.45) is 0. The Hall–Kier alpha value is -3.52. The number of esters is 1. The van der Waals surface area contributed by atoms with Gasteiger partial charge in [-0.1, -0.05) is 36.4 Å². The van der Waals surface area contributed by atoms with Crippen molar-refractivity contribution < 1.29 is 14.3 Å². The van der Waals surface area contributed by atoms with Crippen molar-refractivity contribution in [1.82, 2.24) is 14.8 Å². The van der Waals surface area contributed by atoms with Crippen LogP contribution in [-0.2, 0) is 16.6 Å². The molecule has 0 radical (unpaired) electrons. The SMILES string of the molecule is Cc1ccc(NC(=O)COC(=O)c2cc(-c3ccccc3)nc3c2c(C)nn3C)c(Br)c1. The van der Waals surface area contributed by atoms with Gasteiger partial charge < -0.3 is 10.1 Å². The summed E-state index contributed by atoms with van der Waals surface area (Å²) in [6, 6.07) is 16.8. The maximum Gasteiger partial charge on any atom is 0.339 e. The summed E-state index contributed by atoms with van der Waals surface area (Å²) in [4.78, 5) is 30.1. The number of nitrogens with one attached hydrogen (secondary N) is 1. The number of hydrogen-bond donors (Lipinski definition) is 1. The molecule has 0 bridgehead atoms. The molecule has 0 saturated carbocycles. The van der Waals surface area contributed by atoms with E-state index in [9.17, 15) is 9.59 Å². The van der Waals surface area contributed by atoms with E-state index in [0.717, 1.165) is 15.6 Å². The lowest BCUT2D eigenvalue weighted by molar-refractivity contribution is -0.119. The quantitative estimate of drug-likeness (QED) is 0.404. The van der Waals surface area contributed by atoms with Gasteiger partial charge in [0.1, 0.15) is 0 Å². The second kappa shape index (κ2) is 8.92. The van der Waals surface area contributed by atoms with Crippen LogP contribution in [0.3, 0.4) is 0 Å². The minimum Gasteiger partial charge on any atom is -0.452 e. The van der Waals surface area contributed by atoms with Crippen molar-refractivity contribution >= 4 is 44.5 Å². The monoisotopic (exact) mass is 492 g/mol. The third kappa shape index (κ3) is 4.40. The predicted molar refractivity (Wildman–Crippen MR) is 126 cm³/mol. The molecular formula is C24H21BrN4O3. The highest BCUT2D eigenvalue weighted by molar-refractivity contribution is 9.10. The molecule has 1 N–H and O–H groups in total. The average molecular weight is 493 g/mol. The summed E-state index contributed by atoms with van der Waals surface area (Å²) in [5.74, 6) is -1.04. The number of hydrogen-bond acceptors (Lipinski definition) is 5. The lowest BCUT2D eigenvalue weighted by Gasteiger charge is -2.10. The van der Waals surface area contributed by atoms with Gasteiger partial charge in [0.25, 0.3) is 5.91 Å². The van der Waals surface area contributed by atoms with Crippen LogP contribution in [0.25, 0.3) is 22.3 Å². The molecule has 2 heterocycles. The zero-order valence-corrected chi connectivity index (χ0v) is 19.4. The number of carbonyl (C=O) groups excluding carboxylic acids is 2. The Morgan fingerprint density at radius 2 is 1.84 bits per heavy atom. The first-order valence-corrected chi connectivity index (χ1v) is 10.8. The summed E-state index contributed by atoms with van der Waals surface area (Å²) in [6.45, 7) is 3.35. The highest BCUT2D eigenvalue weighted by Crippen LogP contribution is 2.27. The van der Waals surface area contributed by atoms with E-state index in [1.54, 1.807) is 23.9 Å². The fourth-order valence-corrected chi connectivity index (χ4v) is 4.07. The number of aryl methyl sites for hydroxylation is 3. The number of halogens is 1. The zero-order chi connectivity index (χ0) is 22.8. The number of fused-ring (bicyclic) bond motifs is 1. The Morgan fingerprint density at radius 1 is 1.09 bits per heavy atom. The van der Waals surface area contributed by atoms with Gasteiger partial charge in [0, 0.05) is 17.1 Å². The van der Waals surface area contributed by atoms with E-state index >= 15 is 0 Å². The van der Waals surface area contributed by atoms with E-state index in [2.05, 4.69) is 31.3 Å². The largest absolute Gasteiger partial charge is 0.452 e. The van der Waals surface area contributed by atoms with E-state index in [-0.39, 0.29) is 0 Å². The molecule has 0 aliphatic rings. The highest BCUT2D eigenvalue weighted by Gasteiger charge is 2.21. The maximum atomic E-state index is 13.0. The minimum absolute atomic E-state index is 0.323. The molecule has 32 heavy (non-hydrogen) atoms. The van der Waals surface area contributed by atoms with E-state index in [4.69, 9.17) is 4.74 Å². The molecule has 2 aromatic heterocycles. The molecule has 4 aromatic rings. The topological polar surface area (TPSA) is 86.1 Å². The van der Waals surface area contributed by atoms with Crippen LogP contribution in [0.5, 0.6) is 0 Å². The van der Waals surface area contributed by atoms with Gasteiger partial charge in [-0.2, -0.15) is 5.10 Å². The second-order valence-corrected chi connectivity index (χ2v) is 8.29. The molecule has 1 amide bonds. The van der Waals surface area contributed by atoms with Gasteiger partial charge in [0.15, 0.2) is 12.3 Å². The number of rotatable bonds is 5. The van der Waals surface area contributed by atoms with Gasteiger partial charge in [0.2, 0.25) is 0 Å². The maximum absolute atomic E-state index is 13.0. The van der Waals surface area contributed by atoms with Crippen molar-refractivity contribution in [1.29, 1.82) is 0 Å². The van der Waals surface area contributed by atoms with Crippen molar-refractivity contribution in [3.63, 3.8) is 0 Å². The van der Waals surface area contributed by atoms with E-state index in [0.29, 0.717) is 33.7 Å². The lowest BCUT2D eigenvalue weighted by Crippen LogP contribution is -2.21. The predicted octanol–water partition coefficient (Wildman–Crippen LogP) is 4.81. The Morgan fingerprint density at radius 3 is 2.56 bits per heavy atom. The molecule has 4 rings (SSSR count). The first kappa shape index (κ1) is 21.7. The fourth-order valence-electron chi connectivity index (χ4n) is 3.48. The number of carbonyl (C=O) groups is 2. The van der Waals surface area contributed by atoms with Crippen molar-refractivity contribution in [2.24, 2.45) is 7.05 Å². The molecule has 0 spiro atoms. The summed E-state index contributed by atoms with van der Waals surface area (Å²) in [7, 11) is 1.78. The molecule has 0 aliphatic carbocycles. The van der Waals surface area contributed by atoms with Crippen molar-refractivity contribution in [3.8, 4) is 11.3 Å². The van der Waals surface area contributed by atoms with E-state index < -0.39 is 18.5 Å².